The molecule has 0 amide bonds. The Labute approximate surface area is 109 Å². The topological polar surface area (TPSA) is 104 Å². The fourth-order valence-electron chi connectivity index (χ4n) is 1.56. The van der Waals surface area contributed by atoms with E-state index in [0.29, 0.717) is 22.9 Å². The Morgan fingerprint density at radius 3 is 2.68 bits per heavy atom. The summed E-state index contributed by atoms with van der Waals surface area (Å²) >= 11 is 0. The van der Waals surface area contributed by atoms with Crippen LogP contribution in [0.5, 0.6) is 11.5 Å². The number of aliphatic hydroxyl groups excluding tert-OH is 1. The van der Waals surface area contributed by atoms with Gasteiger partial charge in [0.1, 0.15) is 6.04 Å². The van der Waals surface area contributed by atoms with Crippen molar-refractivity contribution in [2.24, 2.45) is 5.73 Å². The molecular weight excluding hydrogens is 250 g/mol. The van der Waals surface area contributed by atoms with E-state index in [9.17, 15) is 0 Å². The minimum absolute atomic E-state index is 0.187. The van der Waals surface area contributed by atoms with E-state index in [1.807, 2.05) is 0 Å². The Morgan fingerprint density at radius 2 is 2.05 bits per heavy atom. The number of rotatable bonds is 5. The van der Waals surface area contributed by atoms with E-state index < -0.39 is 6.04 Å². The summed E-state index contributed by atoms with van der Waals surface area (Å²) in [5.74, 6) is 1.74. The van der Waals surface area contributed by atoms with E-state index >= 15 is 0 Å². The van der Waals surface area contributed by atoms with Gasteiger partial charge in [0.05, 0.1) is 20.8 Å². The van der Waals surface area contributed by atoms with Crippen LogP contribution in [-0.2, 0) is 0 Å². The lowest BCUT2D eigenvalue weighted by atomic mass is 10.2. The van der Waals surface area contributed by atoms with Gasteiger partial charge in [-0.25, -0.2) is 0 Å². The number of aromatic nitrogens is 2. The maximum atomic E-state index is 8.93. The molecule has 0 aliphatic rings. The summed E-state index contributed by atoms with van der Waals surface area (Å²) in [6.07, 6.45) is 0. The molecule has 2 aromatic rings. The Hall–Kier alpha value is -2.12. The third kappa shape index (κ3) is 2.67. The first-order chi connectivity index (χ1) is 9.19. The maximum absolute atomic E-state index is 8.93. The van der Waals surface area contributed by atoms with Crippen LogP contribution in [0, 0.1) is 0 Å². The average molecular weight is 265 g/mol. The van der Waals surface area contributed by atoms with Gasteiger partial charge in [0, 0.05) is 5.56 Å². The monoisotopic (exact) mass is 265 g/mol. The molecule has 0 radical (unpaired) electrons. The van der Waals surface area contributed by atoms with Gasteiger partial charge in [0.15, 0.2) is 11.5 Å². The fraction of sp³-hybridized carbons (Fsp3) is 0.333. The number of aliphatic hydroxyl groups is 1. The van der Waals surface area contributed by atoms with Crippen LogP contribution in [-0.4, -0.2) is 36.1 Å². The number of nitrogens with zero attached hydrogens (tertiary/aromatic N) is 2. The average Bonchev–Trinajstić information content (AvgIpc) is 2.95. The van der Waals surface area contributed by atoms with E-state index in [4.69, 9.17) is 24.8 Å². The van der Waals surface area contributed by atoms with E-state index in [1.54, 1.807) is 32.4 Å². The van der Waals surface area contributed by atoms with E-state index in [2.05, 4.69) is 10.1 Å². The summed E-state index contributed by atoms with van der Waals surface area (Å²) in [6.45, 7) is -0.256. The molecule has 0 aliphatic carbocycles. The SMILES string of the molecule is COc1ccc(-c2noc([C@@H](N)CO)n2)cc1OC. The van der Waals surface area contributed by atoms with Crippen LogP contribution in [0.3, 0.4) is 0 Å². The second-order valence-corrected chi connectivity index (χ2v) is 3.82. The standard InChI is InChI=1S/C12H15N3O4/c1-17-9-4-3-7(5-10(9)18-2)11-14-12(19-15-11)8(13)6-16/h3-5,8,16H,6,13H2,1-2H3/t8-/m0/s1. The van der Waals surface area contributed by atoms with Crippen LogP contribution in [0.4, 0.5) is 0 Å². The third-order valence-electron chi connectivity index (χ3n) is 2.60. The number of ether oxygens (including phenoxy) is 2. The molecule has 2 rings (SSSR count). The zero-order valence-corrected chi connectivity index (χ0v) is 10.7. The van der Waals surface area contributed by atoms with Gasteiger partial charge in [-0.2, -0.15) is 4.98 Å². The van der Waals surface area contributed by atoms with Crippen molar-refractivity contribution in [1.29, 1.82) is 0 Å². The van der Waals surface area contributed by atoms with Crippen molar-refractivity contribution in [3.05, 3.63) is 24.1 Å². The second-order valence-electron chi connectivity index (χ2n) is 3.82. The number of benzene rings is 1. The minimum Gasteiger partial charge on any atom is -0.493 e. The van der Waals surface area contributed by atoms with Gasteiger partial charge in [-0.05, 0) is 18.2 Å². The summed E-state index contributed by atoms with van der Waals surface area (Å²) in [4.78, 5) is 4.12. The molecule has 7 heteroatoms. The Morgan fingerprint density at radius 1 is 1.32 bits per heavy atom. The van der Waals surface area contributed by atoms with Crippen molar-refractivity contribution in [3.63, 3.8) is 0 Å². The Kier molecular flexibility index (Phi) is 3.98. The van der Waals surface area contributed by atoms with Crippen molar-refractivity contribution < 1.29 is 19.1 Å². The molecule has 19 heavy (non-hydrogen) atoms. The van der Waals surface area contributed by atoms with Crippen molar-refractivity contribution in [1.82, 2.24) is 10.1 Å². The summed E-state index contributed by atoms with van der Waals surface area (Å²) in [6, 6.07) is 4.58. The molecule has 1 atom stereocenters. The molecule has 1 aromatic carbocycles. The highest BCUT2D eigenvalue weighted by Gasteiger charge is 2.16. The van der Waals surface area contributed by atoms with Crippen LogP contribution < -0.4 is 15.2 Å². The first kappa shape index (κ1) is 13.3. The molecule has 0 fully saturated rings. The van der Waals surface area contributed by atoms with Gasteiger partial charge in [-0.15, -0.1) is 0 Å². The fourth-order valence-corrected chi connectivity index (χ4v) is 1.56. The highest BCUT2D eigenvalue weighted by molar-refractivity contribution is 5.60. The number of hydrogen-bond donors (Lipinski definition) is 2. The molecule has 102 valence electrons. The van der Waals surface area contributed by atoms with Crippen LogP contribution >= 0.6 is 0 Å². The predicted octanol–water partition coefficient (Wildman–Crippen LogP) is 0.746. The normalized spacial score (nSPS) is 12.2. The molecule has 0 saturated carbocycles. The van der Waals surface area contributed by atoms with Crippen molar-refractivity contribution >= 4 is 0 Å². The zero-order chi connectivity index (χ0) is 13.8. The van der Waals surface area contributed by atoms with Gasteiger partial charge >= 0.3 is 0 Å². The minimum atomic E-state index is -0.679. The van der Waals surface area contributed by atoms with Crippen molar-refractivity contribution in [3.8, 4) is 22.9 Å². The molecule has 0 spiro atoms. The lowest BCUT2D eigenvalue weighted by Gasteiger charge is -2.07. The first-order valence-electron chi connectivity index (χ1n) is 5.62. The van der Waals surface area contributed by atoms with E-state index in [0.717, 1.165) is 0 Å². The number of hydrogen-bond acceptors (Lipinski definition) is 7. The Bertz CT molecular complexity index is 556. The van der Waals surface area contributed by atoms with Gasteiger partial charge in [-0.1, -0.05) is 5.16 Å². The third-order valence-corrected chi connectivity index (χ3v) is 2.60. The largest absolute Gasteiger partial charge is 0.493 e. The molecule has 7 nitrogen and oxygen atoms in total. The summed E-state index contributed by atoms with van der Waals surface area (Å²) in [7, 11) is 3.11. The molecular formula is C12H15N3O4. The lowest BCUT2D eigenvalue weighted by Crippen LogP contribution is -2.14. The van der Waals surface area contributed by atoms with Crippen LogP contribution in [0.25, 0.3) is 11.4 Å². The van der Waals surface area contributed by atoms with Crippen LogP contribution in [0.2, 0.25) is 0 Å². The van der Waals surface area contributed by atoms with E-state index in [1.165, 1.54) is 0 Å². The van der Waals surface area contributed by atoms with Gasteiger partial charge in [0.2, 0.25) is 11.7 Å². The zero-order valence-electron chi connectivity index (χ0n) is 10.7. The molecule has 3 N–H and O–H groups in total. The molecule has 0 bridgehead atoms. The molecule has 1 heterocycles. The number of methoxy groups -OCH3 is 2. The lowest BCUT2D eigenvalue weighted by molar-refractivity contribution is 0.237. The summed E-state index contributed by atoms with van der Waals surface area (Å²) in [5.41, 5.74) is 6.30. The molecule has 0 unspecified atom stereocenters. The van der Waals surface area contributed by atoms with Crippen LogP contribution in [0.1, 0.15) is 11.9 Å². The van der Waals surface area contributed by atoms with Gasteiger partial charge < -0.3 is 24.8 Å². The van der Waals surface area contributed by atoms with Crippen molar-refractivity contribution in [2.75, 3.05) is 20.8 Å². The van der Waals surface area contributed by atoms with Gasteiger partial charge in [0.25, 0.3) is 0 Å². The molecule has 1 aromatic heterocycles. The molecule has 0 saturated heterocycles. The maximum Gasteiger partial charge on any atom is 0.246 e. The smallest absolute Gasteiger partial charge is 0.246 e. The van der Waals surface area contributed by atoms with Gasteiger partial charge in [-0.3, -0.25) is 0 Å². The quantitative estimate of drug-likeness (QED) is 0.821. The Balaban J connectivity index is 2.34. The highest BCUT2D eigenvalue weighted by Crippen LogP contribution is 2.31. The highest BCUT2D eigenvalue weighted by atomic mass is 16.5. The summed E-state index contributed by atoms with van der Waals surface area (Å²) < 4.78 is 15.3. The predicted molar refractivity (Wildman–Crippen MR) is 66.9 cm³/mol. The van der Waals surface area contributed by atoms with Crippen molar-refractivity contribution in [2.45, 2.75) is 6.04 Å². The number of nitrogens with two attached hydrogens (primary N) is 1. The van der Waals surface area contributed by atoms with E-state index in [-0.39, 0.29) is 12.5 Å². The van der Waals surface area contributed by atoms with Crippen LogP contribution in [0.15, 0.2) is 22.7 Å². The second kappa shape index (κ2) is 5.68. The molecule has 0 aliphatic heterocycles. The summed E-state index contributed by atoms with van der Waals surface area (Å²) in [5, 5.41) is 12.7. The first-order valence-corrected chi connectivity index (χ1v) is 5.62.